The van der Waals surface area contributed by atoms with Crippen molar-refractivity contribution in [2.75, 3.05) is 0 Å². The van der Waals surface area contributed by atoms with Gasteiger partial charge in [-0.15, -0.1) is 0 Å². The molecule has 0 fully saturated rings. The summed E-state index contributed by atoms with van der Waals surface area (Å²) in [5, 5.41) is 0.680. The molecule has 16 heavy (non-hydrogen) atoms. The van der Waals surface area contributed by atoms with Gasteiger partial charge in [0.05, 0.1) is 6.10 Å². The van der Waals surface area contributed by atoms with Crippen LogP contribution < -0.4 is 0 Å². The van der Waals surface area contributed by atoms with Gasteiger partial charge in [-0.1, -0.05) is 30.3 Å². The molecule has 0 atom stereocenters. The summed E-state index contributed by atoms with van der Waals surface area (Å²) in [6, 6.07) is 7.32. The second-order valence-corrected chi connectivity index (χ2v) is 4.30. The van der Waals surface area contributed by atoms with E-state index in [9.17, 15) is 4.79 Å². The largest absolute Gasteiger partial charge is 0.460 e. The van der Waals surface area contributed by atoms with Crippen molar-refractivity contribution in [3.8, 4) is 0 Å². The highest BCUT2D eigenvalue weighted by Gasteiger charge is 2.10. The van der Waals surface area contributed by atoms with E-state index in [1.165, 1.54) is 0 Å². The van der Waals surface area contributed by atoms with Gasteiger partial charge in [-0.05, 0) is 31.5 Å². The molecule has 0 aliphatic carbocycles. The average molecular weight is 239 g/mol. The van der Waals surface area contributed by atoms with Crippen molar-refractivity contribution >= 4 is 17.6 Å². The molecule has 1 aromatic rings. The summed E-state index contributed by atoms with van der Waals surface area (Å²) in [6.07, 6.45) is 0.373. The normalized spacial score (nSPS) is 10.2. The van der Waals surface area contributed by atoms with Crippen LogP contribution in [0.3, 0.4) is 0 Å². The summed E-state index contributed by atoms with van der Waals surface area (Å²) >= 11 is 5.77. The number of carbonyl (C=O) groups is 1. The Kier molecular flexibility index (Phi) is 4.56. The molecule has 1 aromatic carbocycles. The number of benzene rings is 1. The molecule has 0 N–H and O–H groups in total. The van der Waals surface area contributed by atoms with Crippen molar-refractivity contribution in [2.24, 2.45) is 0 Å². The molecule has 1 rings (SSSR count). The van der Waals surface area contributed by atoms with Crippen molar-refractivity contribution < 1.29 is 9.53 Å². The van der Waals surface area contributed by atoms with Gasteiger partial charge in [0.1, 0.15) is 0 Å². The van der Waals surface area contributed by atoms with Crippen molar-refractivity contribution in [2.45, 2.75) is 26.4 Å². The average Bonchev–Trinajstić information content (AvgIpc) is 2.20. The van der Waals surface area contributed by atoms with Crippen LogP contribution in [-0.2, 0) is 16.0 Å². The van der Waals surface area contributed by atoms with Gasteiger partial charge in [-0.25, -0.2) is 4.79 Å². The van der Waals surface area contributed by atoms with Gasteiger partial charge in [0.2, 0.25) is 0 Å². The number of hydrogen-bond donors (Lipinski definition) is 0. The molecule has 0 heterocycles. The smallest absolute Gasteiger partial charge is 0.333 e. The van der Waals surface area contributed by atoms with Gasteiger partial charge >= 0.3 is 5.97 Å². The van der Waals surface area contributed by atoms with Crippen molar-refractivity contribution in [1.82, 2.24) is 0 Å². The topological polar surface area (TPSA) is 26.3 Å². The summed E-state index contributed by atoms with van der Waals surface area (Å²) in [5.74, 6) is -0.343. The molecular formula is C13H15ClO2. The van der Waals surface area contributed by atoms with Crippen LogP contribution in [0, 0.1) is 0 Å². The zero-order valence-corrected chi connectivity index (χ0v) is 10.3. The quantitative estimate of drug-likeness (QED) is 0.594. The second kappa shape index (κ2) is 5.71. The highest BCUT2D eigenvalue weighted by molar-refractivity contribution is 6.30. The fraction of sp³-hybridized carbons (Fsp3) is 0.308. The third-order valence-corrected chi connectivity index (χ3v) is 2.21. The van der Waals surface area contributed by atoms with Gasteiger partial charge in [0.15, 0.2) is 0 Å². The first-order valence-corrected chi connectivity index (χ1v) is 5.50. The summed E-state index contributed by atoms with van der Waals surface area (Å²) in [6.45, 7) is 7.34. The lowest BCUT2D eigenvalue weighted by Gasteiger charge is -2.09. The Morgan fingerprint density at radius 3 is 2.44 bits per heavy atom. The molecule has 2 nitrogen and oxygen atoms in total. The zero-order valence-electron chi connectivity index (χ0n) is 9.50. The maximum atomic E-state index is 11.5. The van der Waals surface area contributed by atoms with E-state index in [1.54, 1.807) is 12.1 Å². The van der Waals surface area contributed by atoms with Gasteiger partial charge in [-0.3, -0.25) is 0 Å². The van der Waals surface area contributed by atoms with E-state index in [1.807, 2.05) is 26.0 Å². The first kappa shape index (κ1) is 12.8. The molecule has 0 unspecified atom stereocenters. The molecule has 0 radical (unpaired) electrons. The molecule has 0 bridgehead atoms. The van der Waals surface area contributed by atoms with Crippen LogP contribution in [0.25, 0.3) is 0 Å². The van der Waals surface area contributed by atoms with E-state index in [2.05, 4.69) is 6.58 Å². The van der Waals surface area contributed by atoms with Gasteiger partial charge in [0.25, 0.3) is 0 Å². The summed E-state index contributed by atoms with van der Waals surface area (Å²) in [4.78, 5) is 11.5. The fourth-order valence-corrected chi connectivity index (χ4v) is 1.34. The highest BCUT2D eigenvalue weighted by Crippen LogP contribution is 2.13. The standard InChI is InChI=1S/C13H15ClO2/c1-9(2)16-13(15)10(3)8-11-4-6-12(14)7-5-11/h4-7,9H,3,8H2,1-2H3. The zero-order chi connectivity index (χ0) is 12.1. The monoisotopic (exact) mass is 238 g/mol. The van der Waals surface area contributed by atoms with Crippen LogP contribution in [0.5, 0.6) is 0 Å². The van der Waals surface area contributed by atoms with Crippen molar-refractivity contribution in [3.05, 3.63) is 47.0 Å². The minimum Gasteiger partial charge on any atom is -0.460 e. The molecule has 0 aliphatic rings. The second-order valence-electron chi connectivity index (χ2n) is 3.86. The number of rotatable bonds is 4. The summed E-state index contributed by atoms with van der Waals surface area (Å²) in [5.41, 5.74) is 1.45. The Morgan fingerprint density at radius 2 is 1.94 bits per heavy atom. The first-order valence-electron chi connectivity index (χ1n) is 5.12. The summed E-state index contributed by atoms with van der Waals surface area (Å²) in [7, 11) is 0. The molecular weight excluding hydrogens is 224 g/mol. The van der Waals surface area contributed by atoms with Crippen LogP contribution >= 0.6 is 11.6 Å². The number of esters is 1. The molecule has 0 aromatic heterocycles. The Labute approximate surface area is 101 Å². The van der Waals surface area contributed by atoms with E-state index in [0.29, 0.717) is 17.0 Å². The van der Waals surface area contributed by atoms with E-state index in [-0.39, 0.29) is 12.1 Å². The minimum atomic E-state index is -0.343. The molecule has 0 aliphatic heterocycles. The highest BCUT2D eigenvalue weighted by atomic mass is 35.5. The molecule has 0 saturated carbocycles. The number of ether oxygens (including phenoxy) is 1. The third kappa shape index (κ3) is 4.07. The lowest BCUT2D eigenvalue weighted by Crippen LogP contribution is -2.14. The van der Waals surface area contributed by atoms with Crippen LogP contribution in [0.4, 0.5) is 0 Å². The van der Waals surface area contributed by atoms with E-state index in [0.717, 1.165) is 5.56 Å². The Balaban J connectivity index is 2.57. The fourth-order valence-electron chi connectivity index (χ4n) is 1.22. The van der Waals surface area contributed by atoms with Crippen molar-refractivity contribution in [3.63, 3.8) is 0 Å². The lowest BCUT2D eigenvalue weighted by molar-refractivity contribution is -0.142. The van der Waals surface area contributed by atoms with Crippen LogP contribution in [0.2, 0.25) is 5.02 Å². The van der Waals surface area contributed by atoms with E-state index < -0.39 is 0 Å². The SMILES string of the molecule is C=C(Cc1ccc(Cl)cc1)C(=O)OC(C)C. The molecule has 0 amide bonds. The van der Waals surface area contributed by atoms with Gasteiger partial charge in [-0.2, -0.15) is 0 Å². The Bertz CT molecular complexity index is 379. The van der Waals surface area contributed by atoms with Gasteiger partial charge in [0, 0.05) is 17.0 Å². The van der Waals surface area contributed by atoms with E-state index >= 15 is 0 Å². The van der Waals surface area contributed by atoms with Crippen LogP contribution in [-0.4, -0.2) is 12.1 Å². The molecule has 86 valence electrons. The Morgan fingerprint density at radius 1 is 1.38 bits per heavy atom. The maximum absolute atomic E-state index is 11.5. The Hall–Kier alpha value is -1.28. The first-order chi connectivity index (χ1) is 7.49. The third-order valence-electron chi connectivity index (χ3n) is 1.96. The molecule has 0 saturated heterocycles. The predicted molar refractivity (Wildman–Crippen MR) is 65.5 cm³/mol. The number of halogens is 1. The number of carbonyl (C=O) groups excluding carboxylic acids is 1. The van der Waals surface area contributed by atoms with Gasteiger partial charge < -0.3 is 4.74 Å². The van der Waals surface area contributed by atoms with Crippen LogP contribution in [0.1, 0.15) is 19.4 Å². The van der Waals surface area contributed by atoms with Crippen molar-refractivity contribution in [1.29, 1.82) is 0 Å². The maximum Gasteiger partial charge on any atom is 0.333 e. The minimum absolute atomic E-state index is 0.116. The van der Waals surface area contributed by atoms with E-state index in [4.69, 9.17) is 16.3 Å². The van der Waals surface area contributed by atoms with Crippen LogP contribution in [0.15, 0.2) is 36.4 Å². The molecule has 0 spiro atoms. The summed E-state index contributed by atoms with van der Waals surface area (Å²) < 4.78 is 5.04. The molecule has 3 heteroatoms. The number of hydrogen-bond acceptors (Lipinski definition) is 2. The predicted octanol–water partition coefficient (Wildman–Crippen LogP) is 3.39. The lowest BCUT2D eigenvalue weighted by atomic mass is 10.1.